The van der Waals surface area contributed by atoms with E-state index in [-0.39, 0.29) is 36.4 Å². The van der Waals surface area contributed by atoms with Crippen LogP contribution in [0, 0.1) is 0 Å². The van der Waals surface area contributed by atoms with Gasteiger partial charge in [0, 0.05) is 24.1 Å². The van der Waals surface area contributed by atoms with Crippen molar-refractivity contribution in [2.24, 2.45) is 0 Å². The monoisotopic (exact) mass is 462 g/mol. The Hall–Kier alpha value is -3.12. The Balaban J connectivity index is 1.61. The lowest BCUT2D eigenvalue weighted by Gasteiger charge is -2.42. The molecule has 13 heteroatoms. The molecule has 0 spiro atoms. The highest BCUT2D eigenvalue weighted by Gasteiger charge is 2.52. The summed E-state index contributed by atoms with van der Waals surface area (Å²) < 4.78 is 84.6. The van der Waals surface area contributed by atoms with Gasteiger partial charge in [0.15, 0.2) is 0 Å². The molecule has 1 aliphatic heterocycles. The molecule has 2 aliphatic rings. The first-order chi connectivity index (χ1) is 15.1. The minimum absolute atomic E-state index is 0.0302. The first-order valence-corrected chi connectivity index (χ1v) is 9.60. The van der Waals surface area contributed by atoms with Crippen LogP contribution in [0.1, 0.15) is 47.5 Å². The van der Waals surface area contributed by atoms with Gasteiger partial charge in [0.1, 0.15) is 6.04 Å². The van der Waals surface area contributed by atoms with Crippen LogP contribution in [0.2, 0.25) is 0 Å². The van der Waals surface area contributed by atoms with Gasteiger partial charge in [-0.15, -0.1) is 10.2 Å². The topological polar surface area (TPSA) is 88.3 Å². The van der Waals surface area contributed by atoms with Crippen LogP contribution in [0.3, 0.4) is 0 Å². The molecule has 1 aliphatic carbocycles. The van der Waals surface area contributed by atoms with E-state index in [1.807, 2.05) is 0 Å². The fraction of sp³-hybridized carbons (Fsp3) is 0.474. The summed E-state index contributed by atoms with van der Waals surface area (Å²) in [6.45, 7) is -0.0810. The first kappa shape index (κ1) is 22.1. The minimum Gasteiger partial charge on any atom is -0.415 e. The molecule has 2 amide bonds. The molecule has 1 saturated carbocycles. The minimum atomic E-state index is -3.48. The smallest absolute Gasteiger partial charge is 0.315 e. The molecular formula is C19H16F6N4O3. The number of halogens is 6. The van der Waals surface area contributed by atoms with Gasteiger partial charge in [0.2, 0.25) is 5.89 Å². The molecule has 1 fully saturated rings. The Morgan fingerprint density at radius 2 is 1.97 bits per heavy atom. The third-order valence-electron chi connectivity index (χ3n) is 5.56. The average Bonchev–Trinajstić information content (AvgIpc) is 3.34. The Morgan fingerprint density at radius 1 is 1.22 bits per heavy atom. The Bertz CT molecular complexity index is 1040. The van der Waals surface area contributed by atoms with E-state index in [1.165, 1.54) is 18.2 Å². The predicted octanol–water partition coefficient (Wildman–Crippen LogP) is 3.57. The van der Waals surface area contributed by atoms with Crippen molar-refractivity contribution in [1.82, 2.24) is 20.4 Å². The van der Waals surface area contributed by atoms with Crippen LogP contribution in [-0.2, 0) is 11.3 Å². The SMILES string of the molecule is O=C(N[C@@H]1[C@H](N2Cc3ccc(-c4nnc(C(F)F)o4)cc3C2=O)CCCC1(F)F)C(F)F. The number of nitrogens with one attached hydrogen (secondary N) is 1. The molecule has 7 nitrogen and oxygen atoms in total. The Morgan fingerprint density at radius 3 is 2.62 bits per heavy atom. The van der Waals surface area contributed by atoms with Gasteiger partial charge >= 0.3 is 12.9 Å². The van der Waals surface area contributed by atoms with Crippen LogP contribution in [0.25, 0.3) is 11.5 Å². The molecule has 4 rings (SSSR count). The maximum atomic E-state index is 14.5. The van der Waals surface area contributed by atoms with E-state index in [0.29, 0.717) is 5.56 Å². The van der Waals surface area contributed by atoms with Crippen LogP contribution in [-0.4, -0.2) is 51.3 Å². The van der Waals surface area contributed by atoms with E-state index in [4.69, 9.17) is 4.42 Å². The fourth-order valence-electron chi connectivity index (χ4n) is 4.07. The summed E-state index contributed by atoms with van der Waals surface area (Å²) >= 11 is 0. The molecule has 0 unspecified atom stereocenters. The maximum Gasteiger partial charge on any atom is 0.315 e. The molecule has 0 saturated heterocycles. The zero-order chi connectivity index (χ0) is 23.2. The maximum absolute atomic E-state index is 14.5. The van der Waals surface area contributed by atoms with Crippen molar-refractivity contribution < 1.29 is 40.3 Å². The summed E-state index contributed by atoms with van der Waals surface area (Å²) in [5.74, 6) is -7.12. The van der Waals surface area contributed by atoms with Crippen LogP contribution in [0.15, 0.2) is 22.6 Å². The van der Waals surface area contributed by atoms with E-state index < -0.39 is 55.0 Å². The van der Waals surface area contributed by atoms with Gasteiger partial charge in [0.05, 0.1) is 6.04 Å². The number of nitrogens with zero attached hydrogens (tertiary/aromatic N) is 3. The zero-order valence-corrected chi connectivity index (χ0v) is 16.2. The van der Waals surface area contributed by atoms with Gasteiger partial charge in [-0.25, -0.2) is 8.78 Å². The number of rotatable bonds is 5. The van der Waals surface area contributed by atoms with E-state index in [1.54, 1.807) is 5.32 Å². The Labute approximate surface area is 176 Å². The van der Waals surface area contributed by atoms with Gasteiger partial charge in [-0.2, -0.15) is 17.6 Å². The molecule has 172 valence electrons. The number of benzene rings is 1. The Kier molecular flexibility index (Phi) is 5.59. The summed E-state index contributed by atoms with van der Waals surface area (Å²) in [7, 11) is 0. The van der Waals surface area contributed by atoms with Crippen molar-refractivity contribution in [1.29, 1.82) is 0 Å². The number of aromatic nitrogens is 2. The highest BCUT2D eigenvalue weighted by molar-refractivity contribution is 5.99. The van der Waals surface area contributed by atoms with Crippen molar-refractivity contribution in [2.45, 2.75) is 56.7 Å². The van der Waals surface area contributed by atoms with E-state index in [2.05, 4.69) is 10.2 Å². The summed E-state index contributed by atoms with van der Waals surface area (Å²) in [5.41, 5.74) is 0.738. The molecular weight excluding hydrogens is 446 g/mol. The lowest BCUT2D eigenvalue weighted by molar-refractivity contribution is -0.141. The summed E-state index contributed by atoms with van der Waals surface area (Å²) in [4.78, 5) is 25.5. The van der Waals surface area contributed by atoms with Crippen LogP contribution < -0.4 is 5.32 Å². The molecule has 2 aromatic rings. The fourth-order valence-corrected chi connectivity index (χ4v) is 4.07. The summed E-state index contributed by atoms with van der Waals surface area (Å²) in [6.07, 6.45) is -6.95. The average molecular weight is 462 g/mol. The third-order valence-corrected chi connectivity index (χ3v) is 5.56. The number of fused-ring (bicyclic) bond motifs is 1. The molecule has 1 aromatic carbocycles. The van der Waals surface area contributed by atoms with Gasteiger partial charge in [0.25, 0.3) is 23.6 Å². The molecule has 32 heavy (non-hydrogen) atoms. The van der Waals surface area contributed by atoms with Crippen molar-refractivity contribution >= 4 is 11.8 Å². The second-order valence-corrected chi connectivity index (χ2v) is 7.56. The highest BCUT2D eigenvalue weighted by Crippen LogP contribution is 2.39. The lowest BCUT2D eigenvalue weighted by atomic mass is 9.85. The number of hydrogen-bond donors (Lipinski definition) is 1. The molecule has 0 radical (unpaired) electrons. The molecule has 0 bridgehead atoms. The molecule has 1 N–H and O–H groups in total. The molecule has 1 aromatic heterocycles. The molecule has 2 atom stereocenters. The van der Waals surface area contributed by atoms with Crippen molar-refractivity contribution in [2.75, 3.05) is 0 Å². The van der Waals surface area contributed by atoms with Gasteiger partial charge < -0.3 is 14.6 Å². The third kappa shape index (κ3) is 3.91. The lowest BCUT2D eigenvalue weighted by Crippen LogP contribution is -2.62. The van der Waals surface area contributed by atoms with Gasteiger partial charge in [-0.3, -0.25) is 9.59 Å². The number of amides is 2. The quantitative estimate of drug-likeness (QED) is 0.687. The number of carbonyl (C=O) groups is 2. The summed E-state index contributed by atoms with van der Waals surface area (Å²) in [5, 5.41) is 8.42. The van der Waals surface area contributed by atoms with E-state index in [9.17, 15) is 35.9 Å². The number of alkyl halides is 6. The van der Waals surface area contributed by atoms with Gasteiger partial charge in [-0.05, 0) is 30.5 Å². The summed E-state index contributed by atoms with van der Waals surface area (Å²) in [6, 6.07) is 1.07. The van der Waals surface area contributed by atoms with Crippen molar-refractivity contribution in [3.63, 3.8) is 0 Å². The van der Waals surface area contributed by atoms with E-state index >= 15 is 0 Å². The molecule has 2 heterocycles. The number of hydrogen-bond acceptors (Lipinski definition) is 5. The first-order valence-electron chi connectivity index (χ1n) is 9.60. The van der Waals surface area contributed by atoms with Crippen molar-refractivity contribution in [3.8, 4) is 11.5 Å². The van der Waals surface area contributed by atoms with E-state index in [0.717, 1.165) is 4.90 Å². The van der Waals surface area contributed by atoms with Crippen LogP contribution >= 0.6 is 0 Å². The largest absolute Gasteiger partial charge is 0.415 e. The van der Waals surface area contributed by atoms with Gasteiger partial charge in [-0.1, -0.05) is 6.07 Å². The predicted molar refractivity (Wildman–Crippen MR) is 95.1 cm³/mol. The second kappa shape index (κ2) is 8.10. The normalized spacial score (nSPS) is 22.5. The standard InChI is InChI=1S/C19H16F6N4O3/c20-13(21)15(30)26-12-11(2-1-5-19(12,24)25)29-7-9-4-3-8(6-10(9)18(29)31)16-27-28-17(32-16)14(22)23/h3-4,6,11-14H,1-2,5,7H2,(H,26,30)/t11-,12-/m1/s1. The second-order valence-electron chi connectivity index (χ2n) is 7.56. The number of carbonyl (C=O) groups excluding carboxylic acids is 2. The zero-order valence-electron chi connectivity index (χ0n) is 16.2. The van der Waals surface area contributed by atoms with Crippen LogP contribution in [0.5, 0.6) is 0 Å². The van der Waals surface area contributed by atoms with Crippen molar-refractivity contribution in [3.05, 3.63) is 35.2 Å². The van der Waals surface area contributed by atoms with Crippen LogP contribution in [0.4, 0.5) is 26.3 Å². The highest BCUT2D eigenvalue weighted by atomic mass is 19.3.